The molecule has 1 fully saturated rings. The van der Waals surface area contributed by atoms with E-state index in [1.165, 1.54) is 32.8 Å². The van der Waals surface area contributed by atoms with Crippen molar-refractivity contribution in [1.82, 2.24) is 4.90 Å². The predicted molar refractivity (Wildman–Crippen MR) is 77.9 cm³/mol. The molecule has 0 bridgehead atoms. The van der Waals surface area contributed by atoms with Gasteiger partial charge < -0.3 is 15.4 Å². The third-order valence-corrected chi connectivity index (χ3v) is 4.39. The van der Waals surface area contributed by atoms with Gasteiger partial charge in [0, 0.05) is 6.04 Å². The summed E-state index contributed by atoms with van der Waals surface area (Å²) in [4.78, 5) is 13.9. The number of ether oxygens (including phenoxy) is 1. The SMILES string of the molecule is COC(=O)C(C)(N)CCCN(C)C1CCCC(C)C1. The van der Waals surface area contributed by atoms with Crippen molar-refractivity contribution >= 4 is 5.97 Å². The van der Waals surface area contributed by atoms with Gasteiger partial charge in [-0.15, -0.1) is 0 Å². The van der Waals surface area contributed by atoms with Crippen molar-refractivity contribution in [2.75, 3.05) is 20.7 Å². The Balaban J connectivity index is 2.30. The molecule has 0 saturated heterocycles. The number of methoxy groups -OCH3 is 1. The Labute approximate surface area is 117 Å². The number of carbonyl (C=O) groups excluding carboxylic acids is 1. The van der Waals surface area contributed by atoms with E-state index in [4.69, 9.17) is 10.5 Å². The summed E-state index contributed by atoms with van der Waals surface area (Å²) in [6.07, 6.45) is 6.92. The van der Waals surface area contributed by atoms with Crippen LogP contribution in [0.5, 0.6) is 0 Å². The summed E-state index contributed by atoms with van der Waals surface area (Å²) in [6, 6.07) is 0.700. The van der Waals surface area contributed by atoms with Gasteiger partial charge in [0.2, 0.25) is 0 Å². The lowest BCUT2D eigenvalue weighted by Crippen LogP contribution is -2.46. The highest BCUT2D eigenvalue weighted by molar-refractivity contribution is 5.79. The fourth-order valence-electron chi connectivity index (χ4n) is 3.02. The van der Waals surface area contributed by atoms with Crippen LogP contribution in [0, 0.1) is 5.92 Å². The topological polar surface area (TPSA) is 55.6 Å². The molecule has 0 heterocycles. The first-order chi connectivity index (χ1) is 8.86. The van der Waals surface area contributed by atoms with E-state index in [-0.39, 0.29) is 5.97 Å². The van der Waals surface area contributed by atoms with E-state index < -0.39 is 5.54 Å². The molecule has 0 aliphatic heterocycles. The molecular weight excluding hydrogens is 240 g/mol. The molecule has 0 radical (unpaired) electrons. The average molecular weight is 270 g/mol. The van der Waals surface area contributed by atoms with Crippen molar-refractivity contribution in [2.45, 2.75) is 64.0 Å². The van der Waals surface area contributed by atoms with E-state index in [9.17, 15) is 4.79 Å². The maximum absolute atomic E-state index is 11.5. The fraction of sp³-hybridized carbons (Fsp3) is 0.933. The zero-order valence-corrected chi connectivity index (χ0v) is 12.9. The molecule has 1 saturated carbocycles. The summed E-state index contributed by atoms with van der Waals surface area (Å²) in [7, 11) is 3.58. The van der Waals surface area contributed by atoms with Crippen LogP contribution >= 0.6 is 0 Å². The first-order valence-electron chi connectivity index (χ1n) is 7.44. The van der Waals surface area contributed by atoms with Gasteiger partial charge in [-0.25, -0.2) is 0 Å². The van der Waals surface area contributed by atoms with E-state index in [1.54, 1.807) is 6.92 Å². The van der Waals surface area contributed by atoms with Crippen LogP contribution in [0.2, 0.25) is 0 Å². The van der Waals surface area contributed by atoms with E-state index >= 15 is 0 Å². The zero-order valence-electron chi connectivity index (χ0n) is 12.9. The molecule has 2 N–H and O–H groups in total. The Morgan fingerprint density at radius 1 is 1.47 bits per heavy atom. The molecule has 0 aromatic carbocycles. The van der Waals surface area contributed by atoms with Crippen molar-refractivity contribution in [3.8, 4) is 0 Å². The number of hydrogen-bond acceptors (Lipinski definition) is 4. The van der Waals surface area contributed by atoms with Crippen LogP contribution in [0.3, 0.4) is 0 Å². The van der Waals surface area contributed by atoms with Gasteiger partial charge in [0.25, 0.3) is 0 Å². The van der Waals surface area contributed by atoms with E-state index in [0.717, 1.165) is 18.9 Å². The number of esters is 1. The van der Waals surface area contributed by atoms with Gasteiger partial charge in [-0.2, -0.15) is 0 Å². The molecule has 19 heavy (non-hydrogen) atoms. The van der Waals surface area contributed by atoms with Crippen LogP contribution in [-0.2, 0) is 9.53 Å². The van der Waals surface area contributed by atoms with Crippen molar-refractivity contribution in [3.63, 3.8) is 0 Å². The minimum Gasteiger partial charge on any atom is -0.468 e. The number of carbonyl (C=O) groups is 1. The standard InChI is InChI=1S/C15H30N2O2/c1-12-7-5-8-13(11-12)17(3)10-6-9-15(2,16)14(18)19-4/h12-13H,5-11,16H2,1-4H3. The van der Waals surface area contributed by atoms with Gasteiger partial charge in [0.1, 0.15) is 5.54 Å². The highest BCUT2D eigenvalue weighted by Gasteiger charge is 2.29. The minimum atomic E-state index is -0.852. The molecule has 1 aliphatic carbocycles. The lowest BCUT2D eigenvalue weighted by molar-refractivity contribution is -0.146. The van der Waals surface area contributed by atoms with Crippen LogP contribution in [0.4, 0.5) is 0 Å². The van der Waals surface area contributed by atoms with Crippen molar-refractivity contribution in [2.24, 2.45) is 11.7 Å². The second kappa shape index (κ2) is 7.25. The van der Waals surface area contributed by atoms with Crippen LogP contribution < -0.4 is 5.73 Å². The molecule has 0 spiro atoms. The predicted octanol–water partition coefficient (Wildman–Crippen LogP) is 2.17. The Kier molecular flexibility index (Phi) is 6.27. The van der Waals surface area contributed by atoms with E-state index in [0.29, 0.717) is 12.5 Å². The van der Waals surface area contributed by atoms with Crippen molar-refractivity contribution in [3.05, 3.63) is 0 Å². The molecule has 1 rings (SSSR count). The van der Waals surface area contributed by atoms with Crippen LogP contribution in [-0.4, -0.2) is 43.2 Å². The maximum atomic E-state index is 11.5. The largest absolute Gasteiger partial charge is 0.468 e. The molecule has 0 aromatic heterocycles. The highest BCUT2D eigenvalue weighted by Crippen LogP contribution is 2.26. The molecule has 3 unspecified atom stereocenters. The molecule has 1 aliphatic rings. The lowest BCUT2D eigenvalue weighted by Gasteiger charge is -2.34. The minimum absolute atomic E-state index is 0.318. The third-order valence-electron chi connectivity index (χ3n) is 4.39. The number of nitrogens with two attached hydrogens (primary N) is 1. The monoisotopic (exact) mass is 270 g/mol. The molecule has 0 aromatic rings. The molecule has 4 nitrogen and oxygen atoms in total. The molecule has 0 amide bonds. The average Bonchev–Trinajstić information content (AvgIpc) is 2.37. The normalized spacial score (nSPS) is 27.1. The van der Waals surface area contributed by atoms with Gasteiger partial charge in [-0.1, -0.05) is 19.8 Å². The lowest BCUT2D eigenvalue weighted by atomic mass is 9.86. The van der Waals surface area contributed by atoms with Gasteiger partial charge in [0.15, 0.2) is 0 Å². The molecule has 4 heteroatoms. The summed E-state index contributed by atoms with van der Waals surface area (Å²) >= 11 is 0. The van der Waals surface area contributed by atoms with Crippen LogP contribution in [0.25, 0.3) is 0 Å². The Morgan fingerprint density at radius 3 is 2.74 bits per heavy atom. The third kappa shape index (κ3) is 5.11. The number of hydrogen-bond donors (Lipinski definition) is 1. The zero-order chi connectivity index (χ0) is 14.5. The Hall–Kier alpha value is -0.610. The first-order valence-corrected chi connectivity index (χ1v) is 7.44. The van der Waals surface area contributed by atoms with Crippen LogP contribution in [0.1, 0.15) is 52.4 Å². The second-order valence-electron chi connectivity index (χ2n) is 6.42. The summed E-state index contributed by atoms with van der Waals surface area (Å²) < 4.78 is 4.73. The summed E-state index contributed by atoms with van der Waals surface area (Å²) in [5.74, 6) is 0.525. The van der Waals surface area contributed by atoms with Crippen LogP contribution in [0.15, 0.2) is 0 Å². The molecule has 3 atom stereocenters. The van der Waals surface area contributed by atoms with Gasteiger partial charge in [0.05, 0.1) is 7.11 Å². The maximum Gasteiger partial charge on any atom is 0.325 e. The van der Waals surface area contributed by atoms with Gasteiger partial charge in [-0.3, -0.25) is 4.79 Å². The number of nitrogens with zero attached hydrogens (tertiary/aromatic N) is 1. The van der Waals surface area contributed by atoms with E-state index in [1.807, 2.05) is 0 Å². The summed E-state index contributed by atoms with van der Waals surface area (Å²) in [5.41, 5.74) is 5.11. The summed E-state index contributed by atoms with van der Waals surface area (Å²) in [5, 5.41) is 0. The summed E-state index contributed by atoms with van der Waals surface area (Å²) in [6.45, 7) is 5.09. The highest BCUT2D eigenvalue weighted by atomic mass is 16.5. The quantitative estimate of drug-likeness (QED) is 0.752. The Morgan fingerprint density at radius 2 is 2.16 bits per heavy atom. The van der Waals surface area contributed by atoms with E-state index in [2.05, 4.69) is 18.9 Å². The molecular formula is C15H30N2O2. The van der Waals surface area contributed by atoms with Gasteiger partial charge >= 0.3 is 5.97 Å². The second-order valence-corrected chi connectivity index (χ2v) is 6.42. The number of rotatable bonds is 6. The molecule has 112 valence electrons. The van der Waals surface area contributed by atoms with Gasteiger partial charge in [-0.05, 0) is 52.1 Å². The van der Waals surface area contributed by atoms with Crippen molar-refractivity contribution in [1.29, 1.82) is 0 Å². The van der Waals surface area contributed by atoms with Crippen molar-refractivity contribution < 1.29 is 9.53 Å². The smallest absolute Gasteiger partial charge is 0.325 e. The first kappa shape index (κ1) is 16.4. The Bertz CT molecular complexity index is 292. The fourth-order valence-corrected chi connectivity index (χ4v) is 3.02.